The second kappa shape index (κ2) is 4.05. The Hall–Kier alpha value is -0.960. The fourth-order valence-electron chi connectivity index (χ4n) is 1.80. The molecule has 0 bridgehead atoms. The number of aryl methyl sites for hydroxylation is 1. The van der Waals surface area contributed by atoms with Crippen molar-refractivity contribution < 1.29 is 0 Å². The zero-order valence-electron chi connectivity index (χ0n) is 8.83. The van der Waals surface area contributed by atoms with E-state index in [0.717, 1.165) is 23.9 Å². The van der Waals surface area contributed by atoms with Gasteiger partial charge in [0.15, 0.2) is 0 Å². The van der Waals surface area contributed by atoms with E-state index >= 15 is 0 Å². The Morgan fingerprint density at radius 1 is 1.57 bits per heavy atom. The number of nitrogens with one attached hydrogen (secondary N) is 1. The Bertz CT molecular complexity index is 307. The first-order valence-electron chi connectivity index (χ1n) is 5.25. The molecule has 1 aliphatic carbocycles. The van der Waals surface area contributed by atoms with E-state index in [0.29, 0.717) is 6.04 Å². The Kier molecular flexibility index (Phi) is 2.77. The van der Waals surface area contributed by atoms with Gasteiger partial charge in [0.05, 0.1) is 0 Å². The van der Waals surface area contributed by atoms with E-state index in [1.807, 2.05) is 26.2 Å². The normalized spacial score (nSPS) is 18.1. The molecule has 76 valence electrons. The van der Waals surface area contributed by atoms with Crippen LogP contribution in [0.5, 0.6) is 0 Å². The lowest BCUT2D eigenvalue weighted by atomic mass is 10.1. The first-order valence-corrected chi connectivity index (χ1v) is 5.25. The van der Waals surface area contributed by atoms with Crippen molar-refractivity contribution in [2.45, 2.75) is 32.2 Å². The lowest BCUT2D eigenvalue weighted by Crippen LogP contribution is -2.30. The Morgan fingerprint density at radius 3 is 2.93 bits per heavy atom. The van der Waals surface area contributed by atoms with E-state index in [1.54, 1.807) is 0 Å². The van der Waals surface area contributed by atoms with Crippen molar-refractivity contribution in [1.82, 2.24) is 15.3 Å². The minimum Gasteiger partial charge on any atom is -0.316 e. The van der Waals surface area contributed by atoms with Crippen LogP contribution in [-0.4, -0.2) is 23.1 Å². The molecule has 0 amide bonds. The maximum absolute atomic E-state index is 4.42. The fourth-order valence-corrected chi connectivity index (χ4v) is 1.80. The van der Waals surface area contributed by atoms with E-state index < -0.39 is 0 Å². The van der Waals surface area contributed by atoms with Crippen LogP contribution in [0.2, 0.25) is 0 Å². The molecule has 14 heavy (non-hydrogen) atoms. The molecule has 1 aromatic heterocycles. The number of nitrogens with zero attached hydrogens (tertiary/aromatic N) is 2. The zero-order valence-corrected chi connectivity index (χ0v) is 8.83. The van der Waals surface area contributed by atoms with Gasteiger partial charge in [-0.2, -0.15) is 0 Å². The van der Waals surface area contributed by atoms with Crippen molar-refractivity contribution in [1.29, 1.82) is 0 Å². The molecule has 2 rings (SSSR count). The lowest BCUT2D eigenvalue weighted by molar-refractivity contribution is 0.489. The molecule has 1 aliphatic rings. The van der Waals surface area contributed by atoms with E-state index in [4.69, 9.17) is 0 Å². The summed E-state index contributed by atoms with van der Waals surface area (Å²) in [6.07, 6.45) is 5.52. The highest BCUT2D eigenvalue weighted by molar-refractivity contribution is 5.02. The van der Waals surface area contributed by atoms with Crippen LogP contribution in [-0.2, 0) is 6.42 Å². The molecule has 0 saturated heterocycles. The highest BCUT2D eigenvalue weighted by atomic mass is 14.9. The van der Waals surface area contributed by atoms with Crippen molar-refractivity contribution in [2.75, 3.05) is 7.05 Å². The summed E-state index contributed by atoms with van der Waals surface area (Å²) in [5, 5.41) is 3.35. The molecule has 1 heterocycles. The zero-order chi connectivity index (χ0) is 9.97. The van der Waals surface area contributed by atoms with Gasteiger partial charge in [0.2, 0.25) is 0 Å². The van der Waals surface area contributed by atoms with Crippen LogP contribution in [0.4, 0.5) is 0 Å². The topological polar surface area (TPSA) is 37.8 Å². The second-order valence-electron chi connectivity index (χ2n) is 4.05. The van der Waals surface area contributed by atoms with Gasteiger partial charge in [-0.3, -0.25) is 0 Å². The number of aromatic nitrogens is 2. The molecule has 1 saturated carbocycles. The summed E-state index contributed by atoms with van der Waals surface area (Å²) in [6.45, 7) is 2.01. The summed E-state index contributed by atoms with van der Waals surface area (Å²) in [6, 6.07) is 2.51. The van der Waals surface area contributed by atoms with Gasteiger partial charge < -0.3 is 5.32 Å². The molecular weight excluding hydrogens is 174 g/mol. The monoisotopic (exact) mass is 191 g/mol. The third-order valence-corrected chi connectivity index (χ3v) is 2.81. The molecule has 3 nitrogen and oxygen atoms in total. The molecule has 3 heteroatoms. The summed E-state index contributed by atoms with van der Waals surface area (Å²) in [5.41, 5.74) is 1.06. The molecule has 1 N–H and O–H groups in total. The summed E-state index contributed by atoms with van der Waals surface area (Å²) >= 11 is 0. The molecule has 0 radical (unpaired) electrons. The summed E-state index contributed by atoms with van der Waals surface area (Å²) in [4.78, 5) is 8.71. The predicted molar refractivity (Wildman–Crippen MR) is 56.0 cm³/mol. The van der Waals surface area contributed by atoms with Gasteiger partial charge in [-0.25, -0.2) is 9.97 Å². The third-order valence-electron chi connectivity index (χ3n) is 2.81. The van der Waals surface area contributed by atoms with Gasteiger partial charge in [0.1, 0.15) is 5.82 Å². The van der Waals surface area contributed by atoms with Crippen LogP contribution < -0.4 is 5.32 Å². The Labute approximate surface area is 85.0 Å². The van der Waals surface area contributed by atoms with Crippen LogP contribution in [0.3, 0.4) is 0 Å². The average Bonchev–Trinajstić information content (AvgIpc) is 2.97. The van der Waals surface area contributed by atoms with Crippen molar-refractivity contribution >= 4 is 0 Å². The summed E-state index contributed by atoms with van der Waals surface area (Å²) < 4.78 is 0. The van der Waals surface area contributed by atoms with Gasteiger partial charge in [0, 0.05) is 24.4 Å². The highest BCUT2D eigenvalue weighted by Gasteiger charge is 2.30. The first kappa shape index (κ1) is 9.59. The van der Waals surface area contributed by atoms with Crippen LogP contribution in [0.1, 0.15) is 24.4 Å². The SMILES string of the molecule is CNC(Cc1nccc(C)n1)C1CC1. The van der Waals surface area contributed by atoms with E-state index in [9.17, 15) is 0 Å². The molecule has 0 aliphatic heterocycles. The molecule has 1 atom stereocenters. The van der Waals surface area contributed by atoms with Crippen LogP contribution in [0.25, 0.3) is 0 Å². The van der Waals surface area contributed by atoms with Crippen molar-refractivity contribution in [3.8, 4) is 0 Å². The molecular formula is C11H17N3. The molecule has 1 fully saturated rings. The highest BCUT2D eigenvalue weighted by Crippen LogP contribution is 2.33. The second-order valence-corrected chi connectivity index (χ2v) is 4.05. The number of hydrogen-bond donors (Lipinski definition) is 1. The lowest BCUT2D eigenvalue weighted by Gasteiger charge is -2.13. The minimum absolute atomic E-state index is 0.566. The van der Waals surface area contributed by atoms with Gasteiger partial charge in [-0.05, 0) is 38.8 Å². The largest absolute Gasteiger partial charge is 0.316 e. The molecule has 1 unspecified atom stereocenters. The van der Waals surface area contributed by atoms with Crippen LogP contribution in [0, 0.1) is 12.8 Å². The molecule has 0 aromatic carbocycles. The standard InChI is InChI=1S/C11H17N3/c1-8-5-6-13-11(14-8)7-10(12-2)9-3-4-9/h5-6,9-10,12H,3-4,7H2,1-2H3. The maximum Gasteiger partial charge on any atom is 0.130 e. The van der Waals surface area contributed by atoms with Gasteiger partial charge in [0.25, 0.3) is 0 Å². The maximum atomic E-state index is 4.42. The molecule has 0 spiro atoms. The number of hydrogen-bond acceptors (Lipinski definition) is 3. The van der Waals surface area contributed by atoms with Crippen molar-refractivity contribution in [2.24, 2.45) is 5.92 Å². The number of likely N-dealkylation sites (N-methyl/N-ethyl adjacent to an activating group) is 1. The van der Waals surface area contributed by atoms with Crippen molar-refractivity contribution in [3.05, 3.63) is 23.8 Å². The van der Waals surface area contributed by atoms with Crippen LogP contribution >= 0.6 is 0 Å². The smallest absolute Gasteiger partial charge is 0.130 e. The minimum atomic E-state index is 0.566. The summed E-state index contributed by atoms with van der Waals surface area (Å²) in [5.74, 6) is 1.82. The first-order chi connectivity index (χ1) is 6.79. The molecule has 1 aromatic rings. The Balaban J connectivity index is 2.01. The average molecular weight is 191 g/mol. The summed E-state index contributed by atoms with van der Waals surface area (Å²) in [7, 11) is 2.03. The van der Waals surface area contributed by atoms with Crippen LogP contribution in [0.15, 0.2) is 12.3 Å². The van der Waals surface area contributed by atoms with Gasteiger partial charge in [-0.1, -0.05) is 0 Å². The van der Waals surface area contributed by atoms with Crippen molar-refractivity contribution in [3.63, 3.8) is 0 Å². The third kappa shape index (κ3) is 2.29. The predicted octanol–water partition coefficient (Wildman–Crippen LogP) is 1.33. The quantitative estimate of drug-likeness (QED) is 0.780. The van der Waals surface area contributed by atoms with E-state index in [1.165, 1.54) is 12.8 Å². The van der Waals surface area contributed by atoms with Gasteiger partial charge >= 0.3 is 0 Å². The Morgan fingerprint density at radius 2 is 2.36 bits per heavy atom. The van der Waals surface area contributed by atoms with E-state index in [2.05, 4.69) is 15.3 Å². The number of rotatable bonds is 4. The van der Waals surface area contributed by atoms with E-state index in [-0.39, 0.29) is 0 Å². The van der Waals surface area contributed by atoms with Gasteiger partial charge in [-0.15, -0.1) is 0 Å². The fraction of sp³-hybridized carbons (Fsp3) is 0.636.